The lowest BCUT2D eigenvalue weighted by Gasteiger charge is -2.37. The highest BCUT2D eigenvalue weighted by Crippen LogP contribution is 2.60. The zero-order valence-corrected chi connectivity index (χ0v) is 32.6. The van der Waals surface area contributed by atoms with Gasteiger partial charge < -0.3 is 24.2 Å². The van der Waals surface area contributed by atoms with Gasteiger partial charge in [0.15, 0.2) is 5.60 Å². The molecule has 6 rings (SSSR count). The number of hydrogen-bond acceptors (Lipinski definition) is 8. The van der Waals surface area contributed by atoms with Crippen LogP contribution >= 0.6 is 0 Å². The molecule has 0 bridgehead atoms. The molecule has 52 heavy (non-hydrogen) atoms. The number of anilines is 2. The summed E-state index contributed by atoms with van der Waals surface area (Å²) in [4.78, 5) is 31.5. The van der Waals surface area contributed by atoms with Crippen molar-refractivity contribution in [2.75, 3.05) is 43.2 Å². The second-order valence-electron chi connectivity index (χ2n) is 15.1. The second kappa shape index (κ2) is 15.4. The molecule has 2 saturated heterocycles. The monoisotopic (exact) mass is 727 g/mol. The highest BCUT2D eigenvalue weighted by Gasteiger charge is 2.66. The van der Waals surface area contributed by atoms with Crippen molar-refractivity contribution >= 4 is 36.6 Å². The van der Waals surface area contributed by atoms with Crippen LogP contribution in [0.3, 0.4) is 0 Å². The van der Waals surface area contributed by atoms with Crippen molar-refractivity contribution in [2.24, 2.45) is 5.92 Å². The molecule has 1 aromatic heterocycles. The number of amides is 2. The summed E-state index contributed by atoms with van der Waals surface area (Å²) < 4.78 is 19.9. The van der Waals surface area contributed by atoms with Crippen LogP contribution in [0.25, 0.3) is 0 Å². The average molecular weight is 728 g/mol. The minimum atomic E-state index is -2.36. The fraction of sp³-hybridized carbons (Fsp3) is 0.500. The van der Waals surface area contributed by atoms with Gasteiger partial charge in [-0.25, -0.2) is 4.79 Å². The quantitative estimate of drug-likeness (QED) is 0.156. The highest BCUT2D eigenvalue weighted by atomic mass is 28.3. The number of nitrogens with zero attached hydrogens (tertiary/aromatic N) is 5. The average Bonchev–Trinajstić information content (AvgIpc) is 3.88. The second-order valence-corrected chi connectivity index (χ2v) is 19.8. The van der Waals surface area contributed by atoms with Gasteiger partial charge >= 0.3 is 6.09 Å². The first kappa shape index (κ1) is 37.5. The molecule has 1 spiro atoms. The highest BCUT2D eigenvalue weighted by molar-refractivity contribution is 6.91. The van der Waals surface area contributed by atoms with Crippen LogP contribution in [0.5, 0.6) is 5.75 Å². The number of aliphatic hydroxyl groups excluding tert-OH is 1. The molecule has 0 unspecified atom stereocenters. The number of aryl methyl sites for hydroxylation is 1. The SMILES string of the molecule is COc1ccc([Si](C)(C)[C@H]2[C@H](CCn3cc(CCO)nn3)O[C@@]3(C(=O)N(C/C=C(\C)CCC=C(C)C)c4ccc(N5CCOC5=O)cc43)[C@@H]2C)cc1. The molecule has 12 heteroatoms. The number of rotatable bonds is 14. The molecular weight excluding hydrogens is 675 g/mol. The van der Waals surface area contributed by atoms with E-state index in [1.54, 1.807) is 16.7 Å². The Morgan fingerprint density at radius 3 is 2.56 bits per heavy atom. The lowest BCUT2D eigenvalue weighted by Crippen LogP contribution is -2.52. The summed E-state index contributed by atoms with van der Waals surface area (Å²) in [6.07, 6.45) is 8.54. The molecule has 2 amide bonds. The van der Waals surface area contributed by atoms with E-state index in [0.29, 0.717) is 44.8 Å². The van der Waals surface area contributed by atoms with Crippen LogP contribution in [-0.2, 0) is 32.8 Å². The van der Waals surface area contributed by atoms with Crippen LogP contribution in [0.4, 0.5) is 16.2 Å². The Balaban J connectivity index is 1.42. The van der Waals surface area contributed by atoms with Crippen molar-refractivity contribution in [3.63, 3.8) is 0 Å². The molecule has 0 aliphatic carbocycles. The first-order valence-corrected chi connectivity index (χ1v) is 21.5. The van der Waals surface area contributed by atoms with Crippen molar-refractivity contribution in [3.8, 4) is 5.75 Å². The zero-order valence-electron chi connectivity index (χ0n) is 31.6. The van der Waals surface area contributed by atoms with Crippen molar-refractivity contribution in [1.29, 1.82) is 0 Å². The molecule has 1 N–H and O–H groups in total. The topological polar surface area (TPSA) is 119 Å². The fourth-order valence-electron chi connectivity index (χ4n) is 8.42. The van der Waals surface area contributed by atoms with E-state index in [2.05, 4.69) is 75.4 Å². The zero-order chi connectivity index (χ0) is 37.2. The number of aliphatic hydroxyl groups is 1. The summed E-state index contributed by atoms with van der Waals surface area (Å²) in [5.41, 5.74) is 4.35. The molecule has 0 saturated carbocycles. The Hall–Kier alpha value is -4.26. The molecule has 2 fully saturated rings. The molecule has 3 aliphatic rings. The summed E-state index contributed by atoms with van der Waals surface area (Å²) in [7, 11) is -0.691. The lowest BCUT2D eigenvalue weighted by atomic mass is 9.82. The molecule has 2 aromatic carbocycles. The fourth-order valence-corrected chi connectivity index (χ4v) is 12.5. The molecule has 3 aliphatic heterocycles. The number of carbonyl (C=O) groups excluding carboxylic acids is 2. The standard InChI is InChI=1S/C40H53N5O6Si/c1-27(2)9-8-10-28(3)17-21-45-35-16-11-31(44-22-24-50-39(44)48)25-34(35)40(38(45)47)29(4)37(52(6,7)33-14-12-32(49-5)13-15-33)36(51-40)18-20-43-26-30(19-23-46)41-42-43/h9,11-17,25-26,29,36-37,46H,8,10,18-24H2,1-7H3/b28-17+/t29-,36+,37-,40+/m1/s1. The minimum absolute atomic E-state index is 0.00746. The van der Waals surface area contributed by atoms with Crippen molar-refractivity contribution < 1.29 is 28.9 Å². The van der Waals surface area contributed by atoms with E-state index in [-0.39, 0.29) is 36.2 Å². The van der Waals surface area contributed by atoms with E-state index < -0.39 is 13.7 Å². The Labute approximate surface area is 308 Å². The van der Waals surface area contributed by atoms with E-state index in [4.69, 9.17) is 14.2 Å². The molecule has 4 heterocycles. The third-order valence-electron chi connectivity index (χ3n) is 11.2. The van der Waals surface area contributed by atoms with E-state index in [1.807, 2.05) is 41.4 Å². The smallest absolute Gasteiger partial charge is 0.414 e. The molecular formula is C40H53N5O6Si. The van der Waals surface area contributed by atoms with Crippen molar-refractivity contribution in [2.45, 2.75) is 90.3 Å². The number of cyclic esters (lactones) is 1. The molecule has 11 nitrogen and oxygen atoms in total. The van der Waals surface area contributed by atoms with Crippen LogP contribution in [0.1, 0.15) is 58.2 Å². The maximum Gasteiger partial charge on any atom is 0.414 e. The number of benzene rings is 2. The van der Waals surface area contributed by atoms with Crippen molar-refractivity contribution in [1.82, 2.24) is 15.0 Å². The number of allylic oxidation sites excluding steroid dienone is 3. The predicted octanol–water partition coefficient (Wildman–Crippen LogP) is 6.12. The van der Waals surface area contributed by atoms with Gasteiger partial charge in [0.05, 0.1) is 39.2 Å². The maximum absolute atomic E-state index is 15.2. The lowest BCUT2D eigenvalue weighted by molar-refractivity contribution is -0.145. The maximum atomic E-state index is 15.2. The number of carbonyl (C=O) groups is 2. The Kier molecular flexibility index (Phi) is 11.1. The predicted molar refractivity (Wildman–Crippen MR) is 205 cm³/mol. The van der Waals surface area contributed by atoms with Gasteiger partial charge in [-0.05, 0) is 75.9 Å². The first-order chi connectivity index (χ1) is 24.9. The number of aromatic nitrogens is 3. The summed E-state index contributed by atoms with van der Waals surface area (Å²) in [5.74, 6) is 0.541. The van der Waals surface area contributed by atoms with Crippen LogP contribution < -0.4 is 19.7 Å². The van der Waals surface area contributed by atoms with E-state index in [1.165, 1.54) is 16.3 Å². The number of hydrogen-bond donors (Lipinski definition) is 1. The Morgan fingerprint density at radius 2 is 1.88 bits per heavy atom. The Bertz CT molecular complexity index is 1830. The summed E-state index contributed by atoms with van der Waals surface area (Å²) in [6, 6.07) is 14.2. The summed E-state index contributed by atoms with van der Waals surface area (Å²) in [6.45, 7) is 15.0. The number of ether oxygens (including phenoxy) is 3. The van der Waals surface area contributed by atoms with Gasteiger partial charge in [-0.1, -0.05) is 65.8 Å². The van der Waals surface area contributed by atoms with Gasteiger partial charge in [-0.2, -0.15) is 0 Å². The van der Waals surface area contributed by atoms with E-state index >= 15 is 4.79 Å². The third kappa shape index (κ3) is 7.08. The first-order valence-electron chi connectivity index (χ1n) is 18.4. The number of methoxy groups -OCH3 is 1. The Morgan fingerprint density at radius 1 is 1.12 bits per heavy atom. The van der Waals surface area contributed by atoms with Gasteiger partial charge in [0.2, 0.25) is 0 Å². The summed E-state index contributed by atoms with van der Waals surface area (Å²) in [5, 5.41) is 19.2. The summed E-state index contributed by atoms with van der Waals surface area (Å²) >= 11 is 0. The van der Waals surface area contributed by atoms with Gasteiger partial charge in [0, 0.05) is 49.5 Å². The van der Waals surface area contributed by atoms with Crippen LogP contribution in [-0.4, -0.2) is 79.7 Å². The molecule has 4 atom stereocenters. The molecule has 0 radical (unpaired) electrons. The molecule has 278 valence electrons. The molecule has 3 aromatic rings. The minimum Gasteiger partial charge on any atom is -0.497 e. The van der Waals surface area contributed by atoms with Gasteiger partial charge in [-0.15, -0.1) is 5.10 Å². The number of fused-ring (bicyclic) bond motifs is 2. The van der Waals surface area contributed by atoms with E-state index in [9.17, 15) is 9.90 Å². The van der Waals surface area contributed by atoms with Gasteiger partial charge in [-0.3, -0.25) is 14.4 Å². The van der Waals surface area contributed by atoms with Crippen molar-refractivity contribution in [3.05, 3.63) is 83.2 Å². The van der Waals surface area contributed by atoms with Crippen LogP contribution in [0, 0.1) is 5.92 Å². The van der Waals surface area contributed by atoms with Gasteiger partial charge in [0.25, 0.3) is 5.91 Å². The van der Waals surface area contributed by atoms with E-state index in [0.717, 1.165) is 35.5 Å². The normalized spacial score (nSPS) is 23.1. The van der Waals surface area contributed by atoms with Crippen LogP contribution in [0.15, 0.2) is 72.0 Å². The third-order valence-corrected chi connectivity index (χ3v) is 15.6. The largest absolute Gasteiger partial charge is 0.497 e. The van der Waals surface area contributed by atoms with Gasteiger partial charge in [0.1, 0.15) is 12.4 Å². The van der Waals surface area contributed by atoms with Crippen LogP contribution in [0.2, 0.25) is 18.6 Å².